The van der Waals surface area contributed by atoms with Gasteiger partial charge in [-0.25, -0.2) is 4.79 Å². The lowest BCUT2D eigenvalue weighted by Crippen LogP contribution is -2.62. The van der Waals surface area contributed by atoms with Gasteiger partial charge in [0.15, 0.2) is 11.9 Å². The number of carbonyl (C=O) groups is 11. The van der Waals surface area contributed by atoms with Crippen LogP contribution in [0.25, 0.3) is 10.9 Å². The number of amides is 9. The first kappa shape index (κ1) is 71.8. The van der Waals surface area contributed by atoms with Crippen molar-refractivity contribution in [1.29, 1.82) is 0 Å². The first-order valence-corrected chi connectivity index (χ1v) is 27.9. The lowest BCUT2D eigenvalue weighted by Gasteiger charge is -2.29. The Balaban J connectivity index is 2.33. The van der Waals surface area contributed by atoms with Crippen LogP contribution in [0.4, 0.5) is 0 Å². The highest BCUT2D eigenvalue weighted by Gasteiger charge is 2.36. The van der Waals surface area contributed by atoms with Gasteiger partial charge in [0, 0.05) is 48.8 Å². The van der Waals surface area contributed by atoms with E-state index < -0.39 is 150 Å². The Labute approximate surface area is 491 Å². The lowest BCUT2D eigenvalue weighted by atomic mass is 9.99. The summed E-state index contributed by atoms with van der Waals surface area (Å²) in [5.74, 6) is -12.5. The largest absolute Gasteiger partial charge is 0.481 e. The molecule has 23 N–H and O–H groups in total. The molecule has 0 unspecified atom stereocenters. The minimum atomic E-state index is -1.74. The molecule has 0 spiro atoms. The molecule has 0 saturated heterocycles. The van der Waals surface area contributed by atoms with Crippen molar-refractivity contribution < 1.29 is 68.1 Å². The minimum Gasteiger partial charge on any atom is -0.481 e. The van der Waals surface area contributed by atoms with E-state index in [1.807, 2.05) is 13.8 Å². The number of para-hydroxylation sites is 1. The number of aliphatic hydroxyl groups is 1. The van der Waals surface area contributed by atoms with Crippen LogP contribution in [0.3, 0.4) is 0 Å². The second-order valence-electron chi connectivity index (χ2n) is 20.9. The van der Waals surface area contributed by atoms with E-state index in [2.05, 4.69) is 75.4 Å². The highest BCUT2D eigenvalue weighted by atomic mass is 32.1. The summed E-state index contributed by atoms with van der Waals surface area (Å²) in [6.45, 7) is 10.6. The molecule has 1 heterocycles. The molecule has 0 radical (unpaired) electrons. The first-order chi connectivity index (χ1) is 39.4. The average molecular weight is 1200 g/mol. The second-order valence-corrected chi connectivity index (χ2v) is 21.2. The number of guanidine groups is 2. The molecule has 11 atom stereocenters. The molecule has 9 amide bonds. The van der Waals surface area contributed by atoms with E-state index in [4.69, 9.17) is 28.7 Å². The van der Waals surface area contributed by atoms with Gasteiger partial charge in [0.1, 0.15) is 54.4 Å². The third-order valence-electron chi connectivity index (χ3n) is 12.8. The van der Waals surface area contributed by atoms with Crippen LogP contribution in [0.2, 0.25) is 0 Å². The normalized spacial score (nSPS) is 15.1. The van der Waals surface area contributed by atoms with Crippen LogP contribution in [0, 0.1) is 11.8 Å². The van der Waals surface area contributed by atoms with Crippen LogP contribution < -0.4 is 76.5 Å². The van der Waals surface area contributed by atoms with Gasteiger partial charge in [-0.1, -0.05) is 45.9 Å². The molecule has 2 aromatic rings. The molecule has 0 bridgehead atoms. The predicted octanol–water partition coefficient (Wildman–Crippen LogP) is -4.49. The standard InChI is InChI=1S/C52H85N17O14S/c1-24(2)20-35(65-43(75)31(53)13-10-18-58-51(54)55)46(78)66-36(21-29-22-60-32-14-9-8-12-30(29)32)47(79)64-34(16-17-38(71)72)45(77)68-39(25(3)4)48(80)61-27(6)42(74)69-40(28(7)70)49(81)62-26(5)41(73)63-33(15-11-19-59-52(56)57)44(76)67-37(23-84)50(82)83/h8-9,12,14,22,24-28,31,33-37,39-40,60,70,84H,10-11,13,15-21,23,53H2,1-7H3,(H,61,80)(H,62,81)(H,63,73)(H,64,79)(H,65,75)(H,66,78)(H,67,76)(H,68,77)(H,69,74)(H,71,72)(H,82,83)(H4,54,55,58)(H4,56,57,59)/t26-,27-,28+,31-,33-,34-,35-,36-,37-,39-,40-/m0/s1. The van der Waals surface area contributed by atoms with Crippen molar-refractivity contribution in [2.24, 2.45) is 50.5 Å². The molecule has 0 aliphatic heterocycles. The van der Waals surface area contributed by atoms with Crippen LogP contribution in [-0.2, 0) is 59.2 Å². The van der Waals surface area contributed by atoms with E-state index in [1.165, 1.54) is 13.8 Å². The Hall–Kier alpha value is -8.26. The molecule has 32 heteroatoms. The molecule has 468 valence electrons. The molecule has 0 saturated carbocycles. The van der Waals surface area contributed by atoms with E-state index in [-0.39, 0.29) is 68.8 Å². The molecule has 0 aliphatic carbocycles. The number of H-pyrrole nitrogens is 1. The van der Waals surface area contributed by atoms with Crippen molar-refractivity contribution in [2.75, 3.05) is 18.8 Å². The Kier molecular flexibility index (Phi) is 30.5. The lowest BCUT2D eigenvalue weighted by molar-refractivity contribution is -0.141. The zero-order valence-electron chi connectivity index (χ0n) is 48.2. The van der Waals surface area contributed by atoms with Gasteiger partial charge in [0.05, 0.1) is 12.1 Å². The summed E-state index contributed by atoms with van der Waals surface area (Å²) < 4.78 is 0. The number of nitrogens with one attached hydrogen (secondary N) is 10. The third-order valence-corrected chi connectivity index (χ3v) is 13.2. The van der Waals surface area contributed by atoms with Gasteiger partial charge in [-0.15, -0.1) is 0 Å². The highest BCUT2D eigenvalue weighted by molar-refractivity contribution is 7.80. The number of carboxylic acid groups (broad SMARTS) is 2. The Morgan fingerprint density at radius 2 is 1.02 bits per heavy atom. The fourth-order valence-corrected chi connectivity index (χ4v) is 8.43. The van der Waals surface area contributed by atoms with Crippen LogP contribution in [0.5, 0.6) is 0 Å². The van der Waals surface area contributed by atoms with Crippen LogP contribution in [0.15, 0.2) is 40.4 Å². The maximum atomic E-state index is 14.5. The fourth-order valence-electron chi connectivity index (χ4n) is 8.18. The number of aliphatic hydroxyl groups excluding tert-OH is 1. The van der Waals surface area contributed by atoms with Gasteiger partial charge in [0.2, 0.25) is 53.2 Å². The minimum absolute atomic E-state index is 0.0480. The molecule has 1 aromatic carbocycles. The number of aromatic nitrogens is 1. The van der Waals surface area contributed by atoms with E-state index >= 15 is 0 Å². The van der Waals surface area contributed by atoms with Gasteiger partial charge in [0.25, 0.3) is 0 Å². The number of hydrogen-bond acceptors (Lipinski definition) is 16. The number of thiol groups is 1. The SMILES string of the molecule is CC(C)C[C@H](NC(=O)[C@@H](N)CCCN=C(N)N)C(=O)N[C@@H](Cc1c[nH]c2ccccc12)C(=O)N[C@@H](CCC(=O)O)C(=O)N[C@H](C(=O)N[C@@H](C)C(=O)N[C@H](C(=O)N[C@@H](C)C(=O)N[C@@H](CCCN=C(N)N)C(=O)N[C@@H](CS)C(=O)O)[C@@H](C)O)C(C)C. The van der Waals surface area contributed by atoms with Crippen molar-refractivity contribution in [2.45, 2.75) is 166 Å². The van der Waals surface area contributed by atoms with E-state index in [1.54, 1.807) is 44.3 Å². The molecule has 0 aliphatic rings. The third kappa shape index (κ3) is 25.1. The number of nitrogens with zero attached hydrogens (tertiary/aromatic N) is 2. The van der Waals surface area contributed by atoms with Crippen LogP contribution in [-0.4, -0.2) is 183 Å². The molecular weight excluding hydrogens is 1120 g/mol. The Morgan fingerprint density at radius 1 is 0.560 bits per heavy atom. The Morgan fingerprint density at radius 3 is 1.56 bits per heavy atom. The topological polar surface area (TPSA) is 527 Å². The van der Waals surface area contributed by atoms with Crippen molar-refractivity contribution in [3.05, 3.63) is 36.0 Å². The molecule has 84 heavy (non-hydrogen) atoms. The maximum Gasteiger partial charge on any atom is 0.327 e. The number of carbonyl (C=O) groups excluding carboxylic acids is 9. The number of fused-ring (bicyclic) bond motifs is 1. The molecule has 2 rings (SSSR count). The molecule has 0 fully saturated rings. The zero-order chi connectivity index (χ0) is 63.5. The number of nitrogens with two attached hydrogens (primary N) is 5. The predicted molar refractivity (Wildman–Crippen MR) is 313 cm³/mol. The number of aliphatic carboxylic acids is 2. The van der Waals surface area contributed by atoms with Gasteiger partial charge in [-0.2, -0.15) is 12.6 Å². The van der Waals surface area contributed by atoms with E-state index in [0.29, 0.717) is 22.9 Å². The monoisotopic (exact) mass is 1200 g/mol. The average Bonchev–Trinajstić information content (AvgIpc) is 3.92. The second kappa shape index (κ2) is 35.7. The van der Waals surface area contributed by atoms with Crippen LogP contribution in [0.1, 0.15) is 99.0 Å². The summed E-state index contributed by atoms with van der Waals surface area (Å²) in [6.07, 6.45) is -0.551. The van der Waals surface area contributed by atoms with Gasteiger partial charge in [-0.05, 0) is 82.8 Å². The summed E-state index contributed by atoms with van der Waals surface area (Å²) in [5.41, 5.74) is 28.9. The van der Waals surface area contributed by atoms with Crippen LogP contribution >= 0.6 is 12.6 Å². The van der Waals surface area contributed by atoms with Gasteiger partial charge >= 0.3 is 11.9 Å². The number of carboxylic acids is 2. The number of benzene rings is 1. The smallest absolute Gasteiger partial charge is 0.327 e. The first-order valence-electron chi connectivity index (χ1n) is 27.2. The summed E-state index contributed by atoms with van der Waals surface area (Å²) in [4.78, 5) is 158. The fraction of sp³-hybridized carbons (Fsp3) is 0.596. The van der Waals surface area contributed by atoms with Gasteiger partial charge < -0.3 is 96.8 Å². The van der Waals surface area contributed by atoms with Crippen molar-refractivity contribution in [3.63, 3.8) is 0 Å². The van der Waals surface area contributed by atoms with Crippen molar-refractivity contribution in [1.82, 2.24) is 52.8 Å². The number of hydrogen-bond donors (Lipinski definition) is 19. The summed E-state index contributed by atoms with van der Waals surface area (Å²) in [6, 6.07) is -7.03. The summed E-state index contributed by atoms with van der Waals surface area (Å²) in [5, 5.41) is 52.6. The van der Waals surface area contributed by atoms with E-state index in [9.17, 15) is 68.1 Å². The number of aliphatic imine (C=N–C) groups is 2. The highest BCUT2D eigenvalue weighted by Crippen LogP contribution is 2.20. The quantitative estimate of drug-likeness (QED) is 0.0131. The number of aromatic amines is 1. The zero-order valence-corrected chi connectivity index (χ0v) is 49.1. The summed E-state index contributed by atoms with van der Waals surface area (Å²) >= 11 is 3.93. The van der Waals surface area contributed by atoms with Crippen molar-refractivity contribution >= 4 is 101 Å². The molecule has 1 aromatic heterocycles. The Bertz CT molecular complexity index is 2660. The van der Waals surface area contributed by atoms with Crippen molar-refractivity contribution in [3.8, 4) is 0 Å². The van der Waals surface area contributed by atoms with Gasteiger partial charge in [-0.3, -0.25) is 57.9 Å². The summed E-state index contributed by atoms with van der Waals surface area (Å²) in [7, 11) is 0. The molecular formula is C52H85N17O14S. The maximum absolute atomic E-state index is 14.5. The van der Waals surface area contributed by atoms with E-state index in [0.717, 1.165) is 6.92 Å². The molecule has 31 nitrogen and oxygen atoms in total. The number of rotatable bonds is 37.